The highest BCUT2D eigenvalue weighted by Gasteiger charge is 2.11. The average Bonchev–Trinajstić information content (AvgIpc) is 2.33. The molecule has 1 aliphatic heterocycles. The van der Waals surface area contributed by atoms with Gasteiger partial charge in [0.05, 0.1) is 11.4 Å². The zero-order chi connectivity index (χ0) is 6.10. The topological polar surface area (TPSA) is 25.8 Å². The van der Waals surface area contributed by atoms with Gasteiger partial charge in [0.1, 0.15) is 0 Å². The number of rotatable bonds is 0. The summed E-state index contributed by atoms with van der Waals surface area (Å²) in [6.45, 7) is 0. The van der Waals surface area contributed by atoms with Crippen molar-refractivity contribution in [1.82, 2.24) is 9.97 Å². The van der Waals surface area contributed by atoms with Gasteiger partial charge in [0, 0.05) is 23.9 Å². The molecule has 1 aliphatic rings. The van der Waals surface area contributed by atoms with Gasteiger partial charge in [-0.2, -0.15) is 0 Å². The largest absolute Gasteiger partial charge is 0.257 e. The van der Waals surface area contributed by atoms with E-state index >= 15 is 0 Å². The molecule has 0 N–H and O–H groups in total. The first-order valence-electron chi connectivity index (χ1n) is 2.83. The van der Waals surface area contributed by atoms with Crippen LogP contribution >= 0.6 is 11.8 Å². The predicted molar refractivity (Wildman–Crippen MR) is 37.0 cm³/mol. The van der Waals surface area contributed by atoms with Crippen molar-refractivity contribution in [2.75, 3.05) is 0 Å². The van der Waals surface area contributed by atoms with Crippen molar-refractivity contribution in [1.29, 1.82) is 0 Å². The second-order valence-electron chi connectivity index (χ2n) is 1.94. The van der Waals surface area contributed by atoms with Crippen LogP contribution in [0, 0.1) is 0 Å². The normalized spacial score (nSPS) is 15.6. The summed E-state index contributed by atoms with van der Waals surface area (Å²) in [7, 11) is 0. The van der Waals surface area contributed by atoms with Crippen molar-refractivity contribution in [3.8, 4) is 0 Å². The Morgan fingerprint density at radius 2 is 1.67 bits per heavy atom. The van der Waals surface area contributed by atoms with Gasteiger partial charge in [-0.3, -0.25) is 9.97 Å². The Balaban J connectivity index is 2.54. The Labute approximate surface area is 57.7 Å². The van der Waals surface area contributed by atoms with Crippen LogP contribution < -0.4 is 0 Å². The molecular weight excluding hydrogens is 132 g/mol. The van der Waals surface area contributed by atoms with Crippen LogP contribution in [0.3, 0.4) is 0 Å². The Hall–Kier alpha value is -0.570. The summed E-state index contributed by atoms with van der Waals surface area (Å²) < 4.78 is 0. The zero-order valence-electron chi connectivity index (χ0n) is 4.87. The molecule has 2 rings (SSSR count). The van der Waals surface area contributed by atoms with Crippen LogP contribution in [0.25, 0.3) is 0 Å². The number of thioether (sulfide) groups is 1. The standard InChI is InChI=1S/C6H6N2S/c1-2-8-6-4-9-3-5(6)7-1/h1-2H,3-4H2. The summed E-state index contributed by atoms with van der Waals surface area (Å²) >= 11 is 1.88. The van der Waals surface area contributed by atoms with E-state index in [1.54, 1.807) is 12.4 Å². The van der Waals surface area contributed by atoms with Crippen LogP contribution in [-0.2, 0) is 11.5 Å². The van der Waals surface area contributed by atoms with Crippen LogP contribution in [-0.4, -0.2) is 9.97 Å². The Bertz CT molecular complexity index is 201. The van der Waals surface area contributed by atoms with Crippen molar-refractivity contribution >= 4 is 11.8 Å². The highest BCUT2D eigenvalue weighted by molar-refractivity contribution is 7.98. The van der Waals surface area contributed by atoms with Gasteiger partial charge < -0.3 is 0 Å². The van der Waals surface area contributed by atoms with Gasteiger partial charge in [0.15, 0.2) is 0 Å². The summed E-state index contributed by atoms with van der Waals surface area (Å²) in [6.07, 6.45) is 3.51. The molecule has 0 unspecified atom stereocenters. The smallest absolute Gasteiger partial charge is 0.0726 e. The lowest BCUT2D eigenvalue weighted by molar-refractivity contribution is 1.05. The molecule has 0 spiro atoms. The Morgan fingerprint density at radius 1 is 1.11 bits per heavy atom. The fraction of sp³-hybridized carbons (Fsp3) is 0.333. The molecule has 0 aliphatic carbocycles. The highest BCUT2D eigenvalue weighted by Crippen LogP contribution is 2.25. The maximum absolute atomic E-state index is 4.18. The molecule has 0 amide bonds. The fourth-order valence-electron chi connectivity index (χ4n) is 0.881. The van der Waals surface area contributed by atoms with E-state index in [0.29, 0.717) is 0 Å². The fourth-order valence-corrected chi connectivity index (χ4v) is 1.85. The molecule has 0 saturated heterocycles. The quantitative estimate of drug-likeness (QED) is 0.539. The third-order valence-electron chi connectivity index (χ3n) is 1.34. The molecule has 0 bridgehead atoms. The minimum Gasteiger partial charge on any atom is -0.257 e. The number of hydrogen-bond donors (Lipinski definition) is 0. The Kier molecular flexibility index (Phi) is 1.16. The minimum absolute atomic E-state index is 1.04. The molecule has 46 valence electrons. The summed E-state index contributed by atoms with van der Waals surface area (Å²) in [5.74, 6) is 2.09. The molecule has 9 heavy (non-hydrogen) atoms. The van der Waals surface area contributed by atoms with Gasteiger partial charge in [-0.15, -0.1) is 11.8 Å². The first kappa shape index (κ1) is 5.23. The molecule has 1 aromatic rings. The third-order valence-corrected chi connectivity index (χ3v) is 2.29. The first-order chi connectivity index (χ1) is 4.47. The van der Waals surface area contributed by atoms with Crippen LogP contribution in [0.5, 0.6) is 0 Å². The van der Waals surface area contributed by atoms with Gasteiger partial charge in [-0.05, 0) is 0 Å². The van der Waals surface area contributed by atoms with Gasteiger partial charge in [-0.25, -0.2) is 0 Å². The van der Waals surface area contributed by atoms with E-state index in [1.165, 1.54) is 11.4 Å². The van der Waals surface area contributed by atoms with E-state index in [2.05, 4.69) is 9.97 Å². The van der Waals surface area contributed by atoms with Crippen LogP contribution in [0.1, 0.15) is 11.4 Å². The molecule has 0 radical (unpaired) electrons. The Morgan fingerprint density at radius 3 is 2.22 bits per heavy atom. The van der Waals surface area contributed by atoms with Gasteiger partial charge >= 0.3 is 0 Å². The SMILES string of the molecule is c1cnc2c(n1)CSC2. The summed E-state index contributed by atoms with van der Waals surface area (Å²) in [4.78, 5) is 8.35. The van der Waals surface area contributed by atoms with E-state index in [1.807, 2.05) is 11.8 Å². The molecule has 0 saturated carbocycles. The molecule has 0 atom stereocenters. The molecule has 2 heterocycles. The second kappa shape index (κ2) is 1.99. The molecule has 1 aromatic heterocycles. The molecule has 3 heteroatoms. The van der Waals surface area contributed by atoms with E-state index < -0.39 is 0 Å². The van der Waals surface area contributed by atoms with Gasteiger partial charge in [0.25, 0.3) is 0 Å². The van der Waals surface area contributed by atoms with Crippen molar-refractivity contribution in [2.24, 2.45) is 0 Å². The molecule has 0 aromatic carbocycles. The van der Waals surface area contributed by atoms with Crippen LogP contribution in [0.15, 0.2) is 12.4 Å². The summed E-state index contributed by atoms with van der Waals surface area (Å²) in [5, 5.41) is 0. The lowest BCUT2D eigenvalue weighted by Crippen LogP contribution is -1.88. The van der Waals surface area contributed by atoms with Crippen molar-refractivity contribution in [3.63, 3.8) is 0 Å². The average molecular weight is 138 g/mol. The van der Waals surface area contributed by atoms with Crippen LogP contribution in [0.4, 0.5) is 0 Å². The van der Waals surface area contributed by atoms with Gasteiger partial charge in [-0.1, -0.05) is 0 Å². The number of hydrogen-bond acceptors (Lipinski definition) is 3. The predicted octanol–water partition coefficient (Wildman–Crippen LogP) is 1.22. The zero-order valence-corrected chi connectivity index (χ0v) is 5.69. The second-order valence-corrected chi connectivity index (χ2v) is 2.93. The van der Waals surface area contributed by atoms with E-state index in [9.17, 15) is 0 Å². The minimum atomic E-state index is 1.04. The lowest BCUT2D eigenvalue weighted by Gasteiger charge is -1.90. The maximum atomic E-state index is 4.18. The highest BCUT2D eigenvalue weighted by atomic mass is 32.2. The summed E-state index contributed by atoms with van der Waals surface area (Å²) in [6, 6.07) is 0. The van der Waals surface area contributed by atoms with Gasteiger partial charge in [0.2, 0.25) is 0 Å². The lowest BCUT2D eigenvalue weighted by atomic mass is 10.4. The third kappa shape index (κ3) is 0.812. The van der Waals surface area contributed by atoms with Crippen molar-refractivity contribution in [2.45, 2.75) is 11.5 Å². The molecular formula is C6H6N2S. The van der Waals surface area contributed by atoms with E-state index in [-0.39, 0.29) is 0 Å². The monoisotopic (exact) mass is 138 g/mol. The van der Waals surface area contributed by atoms with E-state index in [4.69, 9.17) is 0 Å². The van der Waals surface area contributed by atoms with E-state index in [0.717, 1.165) is 11.5 Å². The summed E-state index contributed by atoms with van der Waals surface area (Å²) in [5.41, 5.74) is 2.34. The number of nitrogens with zero attached hydrogens (tertiary/aromatic N) is 2. The molecule has 2 nitrogen and oxygen atoms in total. The van der Waals surface area contributed by atoms with Crippen molar-refractivity contribution < 1.29 is 0 Å². The maximum Gasteiger partial charge on any atom is 0.0726 e. The number of aromatic nitrogens is 2. The molecule has 0 fully saturated rings. The van der Waals surface area contributed by atoms with Crippen LogP contribution in [0.2, 0.25) is 0 Å². The van der Waals surface area contributed by atoms with Crippen molar-refractivity contribution in [3.05, 3.63) is 23.8 Å². The number of fused-ring (bicyclic) bond motifs is 1. The first-order valence-corrected chi connectivity index (χ1v) is 3.99.